The van der Waals surface area contributed by atoms with Gasteiger partial charge in [0.25, 0.3) is 0 Å². The van der Waals surface area contributed by atoms with Crippen LogP contribution in [-0.4, -0.2) is 0 Å². The van der Waals surface area contributed by atoms with Gasteiger partial charge in [0, 0.05) is 0 Å². The summed E-state index contributed by atoms with van der Waals surface area (Å²) < 4.78 is 2.11. The molecule has 118 valence electrons. The average molecular weight is 372 g/mol. The van der Waals surface area contributed by atoms with Crippen LogP contribution in [0.3, 0.4) is 0 Å². The minimum absolute atomic E-state index is 0. The van der Waals surface area contributed by atoms with Crippen molar-refractivity contribution in [2.75, 3.05) is 0 Å². The van der Waals surface area contributed by atoms with Crippen LogP contribution < -0.4 is 14.7 Å². The molecule has 0 N–H and O–H groups in total. The van der Waals surface area contributed by atoms with Crippen LogP contribution in [0.5, 0.6) is 0 Å². The number of hydrogen-bond donors (Lipinski definition) is 0. The first-order valence-electron chi connectivity index (χ1n) is 7.70. The fourth-order valence-corrected chi connectivity index (χ4v) is 12.0. The molecule has 0 saturated carbocycles. The Balaban J connectivity index is 0.000000845. The van der Waals surface area contributed by atoms with E-state index < -0.39 is 0 Å². The molecule has 1 spiro atoms. The Hall–Kier alpha value is -1.34. The third kappa shape index (κ3) is 2.32. The number of allylic oxidation sites excluding steroid dienone is 5. The Labute approximate surface area is 150 Å². The van der Waals surface area contributed by atoms with E-state index in [9.17, 15) is 0 Å². The van der Waals surface area contributed by atoms with E-state index in [2.05, 4.69) is 78.9 Å². The van der Waals surface area contributed by atoms with E-state index in [1.165, 1.54) is 12.0 Å². The van der Waals surface area contributed by atoms with Crippen molar-refractivity contribution in [3.05, 3.63) is 93.1 Å². The number of halogens is 2. The van der Waals surface area contributed by atoms with Gasteiger partial charge in [-0.2, -0.15) is 0 Å². The Bertz CT molecular complexity index is 857. The van der Waals surface area contributed by atoms with Gasteiger partial charge in [-0.05, 0) is 0 Å². The maximum atomic E-state index is 2.56. The van der Waals surface area contributed by atoms with E-state index in [0.29, 0.717) is 3.46 Å². The van der Waals surface area contributed by atoms with Gasteiger partial charge in [0.1, 0.15) is 0 Å². The van der Waals surface area contributed by atoms with E-state index in [-0.39, 0.29) is 36.5 Å². The average Bonchev–Trinajstić information content (AvgIpc) is 3.23. The summed E-state index contributed by atoms with van der Waals surface area (Å²) in [5.41, 5.74) is 3.03. The molecule has 0 amide bonds. The molecule has 4 heteroatoms. The van der Waals surface area contributed by atoms with Crippen LogP contribution in [0.15, 0.2) is 82.0 Å². The van der Waals surface area contributed by atoms with Crippen LogP contribution in [0, 0.1) is 0 Å². The van der Waals surface area contributed by atoms with Gasteiger partial charge in [-0.3, -0.25) is 0 Å². The molecule has 0 saturated heterocycles. The summed E-state index contributed by atoms with van der Waals surface area (Å²) in [7, 11) is -0.291. The number of benzene rings is 2. The first kappa shape index (κ1) is 17.5. The van der Waals surface area contributed by atoms with E-state index in [1.54, 1.807) is 20.1 Å². The molecule has 2 aliphatic carbocycles. The summed E-state index contributed by atoms with van der Waals surface area (Å²) in [5.74, 6) is 0. The van der Waals surface area contributed by atoms with Crippen LogP contribution in [0.1, 0.15) is 17.5 Å². The zero-order valence-corrected chi connectivity index (χ0v) is 15.4. The topological polar surface area (TPSA) is 0 Å². The zero-order chi connectivity index (χ0) is 14.6. The molecule has 0 aromatic heterocycles. The second kappa shape index (κ2) is 6.52. The van der Waals surface area contributed by atoms with E-state index >= 15 is 0 Å². The van der Waals surface area contributed by atoms with Gasteiger partial charge < -0.3 is 9.41 Å². The van der Waals surface area contributed by atoms with Crippen molar-refractivity contribution in [2.24, 2.45) is 0 Å². The van der Waals surface area contributed by atoms with Gasteiger partial charge in [0.15, 0.2) is 0 Å². The van der Waals surface area contributed by atoms with Crippen LogP contribution in [0.2, 0.25) is 0 Å². The largest absolute Gasteiger partial charge is 1.00 e. The minimum Gasteiger partial charge on any atom is -1.00 e. The van der Waals surface area contributed by atoms with Gasteiger partial charge in [0.2, 0.25) is 0 Å². The Morgan fingerprint density at radius 1 is 0.875 bits per heavy atom. The first-order chi connectivity index (χ1) is 10.9. The monoisotopic (exact) mass is 372 g/mol. The van der Waals surface area contributed by atoms with Crippen molar-refractivity contribution in [2.45, 2.75) is 9.88 Å². The number of fused-ring (bicyclic) bond motifs is 2. The molecule has 1 heterocycles. The molecule has 24 heavy (non-hydrogen) atoms. The Kier molecular flexibility index (Phi) is 4.75. The van der Waals surface area contributed by atoms with Crippen molar-refractivity contribution < 1.29 is 28.6 Å². The SMILES string of the molecule is C1=CC2=[C](C1)[Ti+2][C]1(C=Cc3ccccc31)P2c1ccccc1.[F-].[F-]. The van der Waals surface area contributed by atoms with Crippen molar-refractivity contribution in [3.63, 3.8) is 0 Å². The maximum absolute atomic E-state index is 2.56. The van der Waals surface area contributed by atoms with Crippen molar-refractivity contribution >= 4 is 19.3 Å². The second-order valence-electron chi connectivity index (χ2n) is 5.95. The predicted octanol–water partition coefficient (Wildman–Crippen LogP) is -1.05. The standard InChI is InChI=1S/C20H15P.2FH.Ti/c1-2-9-17(10-3-1)21(18-11-5-6-12-18)20-15-14-16-8-4-7-13-19(16)20;;;/h1-5,7-11,13-15H,6H2;2*1H;/q;;;+2/p-2. The zero-order valence-electron chi connectivity index (χ0n) is 12.9. The smallest absolute Gasteiger partial charge is 1.00 e. The summed E-state index contributed by atoms with van der Waals surface area (Å²) in [5, 5.41) is 3.22. The third-order valence-corrected chi connectivity index (χ3v) is 11.9. The Morgan fingerprint density at radius 3 is 2.46 bits per heavy atom. The molecule has 5 rings (SSSR count). The fraction of sp³-hybridized carbons (Fsp3) is 0.100. The van der Waals surface area contributed by atoms with Crippen molar-refractivity contribution in [1.29, 1.82) is 0 Å². The van der Waals surface area contributed by atoms with Gasteiger partial charge in [-0.15, -0.1) is 0 Å². The molecule has 2 atom stereocenters. The third-order valence-electron chi connectivity index (χ3n) is 4.73. The maximum Gasteiger partial charge on any atom is -1.00 e. The number of hydrogen-bond acceptors (Lipinski definition) is 0. The van der Waals surface area contributed by atoms with Gasteiger partial charge in [-0.25, -0.2) is 0 Å². The van der Waals surface area contributed by atoms with E-state index in [4.69, 9.17) is 0 Å². The molecule has 1 aliphatic heterocycles. The molecule has 0 nitrogen and oxygen atoms in total. The predicted molar refractivity (Wildman–Crippen MR) is 90.9 cm³/mol. The molecule has 0 fully saturated rings. The normalized spacial score (nSPS) is 24.8. The van der Waals surface area contributed by atoms with Gasteiger partial charge >= 0.3 is 141 Å². The van der Waals surface area contributed by atoms with Crippen LogP contribution in [-0.2, 0) is 22.6 Å². The summed E-state index contributed by atoms with van der Waals surface area (Å²) in [6, 6.07) is 20.3. The van der Waals surface area contributed by atoms with Crippen LogP contribution >= 0.6 is 7.92 Å². The first-order valence-corrected chi connectivity index (χ1v) is 10.6. The molecule has 2 aromatic rings. The Morgan fingerprint density at radius 2 is 1.62 bits per heavy atom. The summed E-state index contributed by atoms with van der Waals surface area (Å²) >= 11 is -0.149. The van der Waals surface area contributed by atoms with Crippen LogP contribution in [0.25, 0.3) is 6.08 Å². The molecular formula is C20H15F2PTi. The molecule has 2 aromatic carbocycles. The summed E-state index contributed by atoms with van der Waals surface area (Å²) in [6.07, 6.45) is 11.0. The van der Waals surface area contributed by atoms with Crippen LogP contribution in [0.4, 0.5) is 0 Å². The number of rotatable bonds is 1. The molecule has 3 aliphatic rings. The molecule has 2 unspecified atom stereocenters. The minimum atomic E-state index is -0.291. The molecule has 0 bridgehead atoms. The summed E-state index contributed by atoms with van der Waals surface area (Å²) in [4.78, 5) is 0. The van der Waals surface area contributed by atoms with Gasteiger partial charge in [-0.1, -0.05) is 0 Å². The fourth-order valence-electron chi connectivity index (χ4n) is 3.81. The quantitative estimate of drug-likeness (QED) is 0.443. The molecule has 0 radical (unpaired) electrons. The van der Waals surface area contributed by atoms with Gasteiger partial charge in [0.05, 0.1) is 0 Å². The summed E-state index contributed by atoms with van der Waals surface area (Å²) in [6.45, 7) is 0. The van der Waals surface area contributed by atoms with E-state index in [0.717, 1.165) is 0 Å². The van der Waals surface area contributed by atoms with Crippen molar-refractivity contribution in [3.8, 4) is 0 Å². The second-order valence-corrected chi connectivity index (χ2v) is 11.5. The van der Waals surface area contributed by atoms with Crippen molar-refractivity contribution in [1.82, 2.24) is 0 Å². The molecular weight excluding hydrogens is 357 g/mol. The van der Waals surface area contributed by atoms with E-state index in [1.807, 2.05) is 0 Å².